The van der Waals surface area contributed by atoms with Gasteiger partial charge in [0, 0.05) is 10.9 Å². The molecule has 0 amide bonds. The van der Waals surface area contributed by atoms with E-state index in [9.17, 15) is 4.79 Å². The minimum Gasteiger partial charge on any atom is -0.493 e. The van der Waals surface area contributed by atoms with E-state index in [0.29, 0.717) is 0 Å². The van der Waals surface area contributed by atoms with Crippen LogP contribution in [0.5, 0.6) is 5.75 Å². The van der Waals surface area contributed by atoms with Crippen LogP contribution in [-0.4, -0.2) is 24.7 Å². The number of aryl methyl sites for hydroxylation is 1. The lowest BCUT2D eigenvalue weighted by Crippen LogP contribution is -2.17. The van der Waals surface area contributed by atoms with Crippen LogP contribution in [0.3, 0.4) is 0 Å². The first-order valence-electron chi connectivity index (χ1n) is 10.4. The van der Waals surface area contributed by atoms with Crippen molar-refractivity contribution in [2.45, 2.75) is 39.7 Å². The smallest absolute Gasteiger partial charge is 0.356 e. The molecule has 1 aromatic carbocycles. The number of hydrogen-bond donors (Lipinski definition) is 1. The predicted octanol–water partition coefficient (Wildman–Crippen LogP) is 5.52. The van der Waals surface area contributed by atoms with Gasteiger partial charge in [-0.25, -0.2) is 9.78 Å². The third-order valence-corrected chi connectivity index (χ3v) is 5.56. The molecule has 6 nitrogen and oxygen atoms in total. The summed E-state index contributed by atoms with van der Waals surface area (Å²) in [4.78, 5) is 15.8. The van der Waals surface area contributed by atoms with Crippen LogP contribution >= 0.6 is 0 Å². The first kappa shape index (κ1) is 20.3. The number of ether oxygens (including phenoxy) is 2. The normalized spacial score (nSPS) is 14.7. The van der Waals surface area contributed by atoms with E-state index >= 15 is 0 Å². The van der Waals surface area contributed by atoms with Crippen LogP contribution in [0.25, 0.3) is 11.0 Å². The molecule has 0 bridgehead atoms. The maximum Gasteiger partial charge on any atom is 0.356 e. The summed E-state index contributed by atoms with van der Waals surface area (Å²) in [5, 5.41) is 4.58. The molecule has 6 heteroatoms. The molecule has 30 heavy (non-hydrogen) atoms. The summed E-state index contributed by atoms with van der Waals surface area (Å²) in [6, 6.07) is 9.48. The Morgan fingerprint density at radius 2 is 2.07 bits per heavy atom. The van der Waals surface area contributed by atoms with Gasteiger partial charge < -0.3 is 19.2 Å². The van der Waals surface area contributed by atoms with Gasteiger partial charge in [-0.1, -0.05) is 13.8 Å². The molecule has 158 valence electrons. The van der Waals surface area contributed by atoms with E-state index in [1.165, 1.54) is 20.0 Å². The van der Waals surface area contributed by atoms with Crippen LogP contribution in [-0.2, 0) is 4.74 Å². The minimum absolute atomic E-state index is 0.0426. The van der Waals surface area contributed by atoms with Gasteiger partial charge >= 0.3 is 5.97 Å². The van der Waals surface area contributed by atoms with Crippen molar-refractivity contribution >= 4 is 22.6 Å². The van der Waals surface area contributed by atoms with Crippen molar-refractivity contribution < 1.29 is 18.7 Å². The Morgan fingerprint density at radius 3 is 2.70 bits per heavy atom. The van der Waals surface area contributed by atoms with E-state index < -0.39 is 5.97 Å². The van der Waals surface area contributed by atoms with E-state index in [4.69, 9.17) is 13.9 Å². The van der Waals surface area contributed by atoms with Gasteiger partial charge in [0.1, 0.15) is 22.8 Å². The van der Waals surface area contributed by atoms with Crippen molar-refractivity contribution in [1.82, 2.24) is 4.98 Å². The van der Waals surface area contributed by atoms with Crippen molar-refractivity contribution in [1.29, 1.82) is 0 Å². The lowest BCUT2D eigenvalue weighted by Gasteiger charge is -2.22. The topological polar surface area (TPSA) is 73.6 Å². The van der Waals surface area contributed by atoms with E-state index in [1.807, 2.05) is 18.2 Å². The Morgan fingerprint density at radius 1 is 1.27 bits per heavy atom. The standard InChI is InChI=1S/C24H28N2O4/c1-14(2)22(26-17-7-9-20(25-12-17)24(27)28-4)23-15(3)19-11-18(8-10-21(19)30-23)29-13-16-5-6-16/h7-12,14,16,22,26H,5-6,13H2,1-4H3. The summed E-state index contributed by atoms with van der Waals surface area (Å²) in [6.07, 6.45) is 4.19. The van der Waals surface area contributed by atoms with E-state index in [2.05, 4.69) is 37.1 Å². The number of esters is 1. The number of carbonyl (C=O) groups is 1. The molecule has 0 saturated heterocycles. The first-order valence-corrected chi connectivity index (χ1v) is 10.4. The molecule has 3 aromatic rings. The fourth-order valence-electron chi connectivity index (χ4n) is 3.52. The monoisotopic (exact) mass is 408 g/mol. The number of pyridine rings is 1. The van der Waals surface area contributed by atoms with Crippen molar-refractivity contribution in [2.24, 2.45) is 11.8 Å². The number of rotatable bonds is 8. The zero-order chi connectivity index (χ0) is 21.3. The molecule has 1 unspecified atom stereocenters. The lowest BCUT2D eigenvalue weighted by molar-refractivity contribution is 0.0594. The third-order valence-electron chi connectivity index (χ3n) is 5.56. The average Bonchev–Trinajstić information content (AvgIpc) is 3.53. The van der Waals surface area contributed by atoms with Crippen LogP contribution in [0, 0.1) is 18.8 Å². The molecule has 1 saturated carbocycles. The summed E-state index contributed by atoms with van der Waals surface area (Å²) < 4.78 is 16.9. The van der Waals surface area contributed by atoms with Gasteiger partial charge in [-0.05, 0) is 61.9 Å². The van der Waals surface area contributed by atoms with Crippen LogP contribution in [0.4, 0.5) is 5.69 Å². The van der Waals surface area contributed by atoms with Gasteiger partial charge in [0.25, 0.3) is 0 Å². The molecule has 4 rings (SSSR count). The van der Waals surface area contributed by atoms with Crippen molar-refractivity contribution in [2.75, 3.05) is 19.0 Å². The van der Waals surface area contributed by atoms with Crippen molar-refractivity contribution in [3.05, 3.63) is 53.5 Å². The SMILES string of the molecule is COC(=O)c1ccc(NC(c2oc3ccc(OCC4CC4)cc3c2C)C(C)C)cn1. The molecule has 1 atom stereocenters. The Kier molecular flexibility index (Phi) is 5.66. The predicted molar refractivity (Wildman–Crippen MR) is 116 cm³/mol. The summed E-state index contributed by atoms with van der Waals surface area (Å²) >= 11 is 0. The highest BCUT2D eigenvalue weighted by Crippen LogP contribution is 2.37. The highest BCUT2D eigenvalue weighted by molar-refractivity contribution is 5.87. The summed E-state index contributed by atoms with van der Waals surface area (Å²) in [5.74, 6) is 2.33. The van der Waals surface area contributed by atoms with E-state index in [1.54, 1.807) is 12.3 Å². The van der Waals surface area contributed by atoms with Gasteiger partial charge in [-0.2, -0.15) is 0 Å². The number of benzene rings is 1. The highest BCUT2D eigenvalue weighted by atomic mass is 16.5. The zero-order valence-electron chi connectivity index (χ0n) is 17.9. The summed E-state index contributed by atoms with van der Waals surface area (Å²) in [7, 11) is 1.34. The molecule has 0 spiro atoms. The lowest BCUT2D eigenvalue weighted by atomic mass is 9.98. The van der Waals surface area contributed by atoms with Gasteiger partial charge in [-0.15, -0.1) is 0 Å². The van der Waals surface area contributed by atoms with Crippen molar-refractivity contribution in [3.8, 4) is 5.75 Å². The number of nitrogens with one attached hydrogen (secondary N) is 1. The summed E-state index contributed by atoms with van der Waals surface area (Å²) in [5.41, 5.74) is 3.05. The molecule has 0 radical (unpaired) electrons. The quantitative estimate of drug-likeness (QED) is 0.495. The average molecular weight is 408 g/mol. The number of aromatic nitrogens is 1. The number of fused-ring (bicyclic) bond motifs is 1. The number of furan rings is 1. The molecule has 1 aliphatic carbocycles. The Balaban J connectivity index is 1.58. The molecule has 2 heterocycles. The fraction of sp³-hybridized carbons (Fsp3) is 0.417. The molecular weight excluding hydrogens is 380 g/mol. The van der Waals surface area contributed by atoms with Gasteiger partial charge in [0.05, 0.1) is 31.6 Å². The van der Waals surface area contributed by atoms with Crippen LogP contribution in [0.15, 0.2) is 40.9 Å². The second-order valence-corrected chi connectivity index (χ2v) is 8.29. The van der Waals surface area contributed by atoms with E-state index in [-0.39, 0.29) is 17.7 Å². The number of carbonyl (C=O) groups excluding carboxylic acids is 1. The van der Waals surface area contributed by atoms with Crippen LogP contribution in [0.1, 0.15) is 54.5 Å². The molecule has 1 aliphatic rings. The van der Waals surface area contributed by atoms with Crippen LogP contribution < -0.4 is 10.1 Å². The van der Waals surface area contributed by atoms with Gasteiger partial charge in [0.2, 0.25) is 0 Å². The largest absolute Gasteiger partial charge is 0.493 e. The maximum absolute atomic E-state index is 11.6. The second kappa shape index (κ2) is 8.38. The van der Waals surface area contributed by atoms with E-state index in [0.717, 1.165) is 46.3 Å². The number of methoxy groups -OCH3 is 1. The highest BCUT2D eigenvalue weighted by Gasteiger charge is 2.25. The number of hydrogen-bond acceptors (Lipinski definition) is 6. The number of anilines is 1. The van der Waals surface area contributed by atoms with Gasteiger partial charge in [0.15, 0.2) is 0 Å². The second-order valence-electron chi connectivity index (χ2n) is 8.29. The van der Waals surface area contributed by atoms with Gasteiger partial charge in [-0.3, -0.25) is 0 Å². The Bertz CT molecular complexity index is 1040. The third kappa shape index (κ3) is 4.27. The zero-order valence-corrected chi connectivity index (χ0v) is 17.9. The Hall–Kier alpha value is -3.02. The minimum atomic E-state index is -0.449. The van der Waals surface area contributed by atoms with Crippen molar-refractivity contribution in [3.63, 3.8) is 0 Å². The molecule has 2 aromatic heterocycles. The Labute approximate surface area is 176 Å². The molecule has 1 N–H and O–H groups in total. The molecule has 1 fully saturated rings. The molecule has 0 aliphatic heterocycles. The fourth-order valence-corrected chi connectivity index (χ4v) is 3.52. The first-order chi connectivity index (χ1) is 14.5. The maximum atomic E-state index is 11.6. The summed E-state index contributed by atoms with van der Waals surface area (Å²) in [6.45, 7) is 7.16. The molecular formula is C24H28N2O4. The van der Waals surface area contributed by atoms with Crippen LogP contribution in [0.2, 0.25) is 0 Å². The number of nitrogens with zero attached hydrogens (tertiary/aromatic N) is 1.